The van der Waals surface area contributed by atoms with Crippen molar-refractivity contribution in [2.24, 2.45) is 0 Å². The molecule has 0 spiro atoms. The number of rotatable bonds is 3. The summed E-state index contributed by atoms with van der Waals surface area (Å²) in [5, 5.41) is 11.5. The number of carbonyl (C=O) groups excluding carboxylic acids is 1. The lowest BCUT2D eigenvalue weighted by molar-refractivity contribution is -0.138. The van der Waals surface area contributed by atoms with E-state index in [0.717, 1.165) is 6.92 Å². The van der Waals surface area contributed by atoms with Crippen molar-refractivity contribution in [3.63, 3.8) is 0 Å². The monoisotopic (exact) mass is 298 g/mol. The Kier molecular flexibility index (Phi) is 4.48. The van der Waals surface area contributed by atoms with Crippen molar-refractivity contribution in [1.29, 1.82) is 0 Å². The molecular formula is C10H7F5N2O3. The predicted molar refractivity (Wildman–Crippen MR) is 55.5 cm³/mol. The predicted octanol–water partition coefficient (Wildman–Crippen LogP) is 1.98. The van der Waals surface area contributed by atoms with Crippen LogP contribution in [0.15, 0.2) is 0 Å². The van der Waals surface area contributed by atoms with Crippen LogP contribution in [-0.2, 0) is 4.79 Å². The van der Waals surface area contributed by atoms with Gasteiger partial charge in [0.15, 0.2) is 23.3 Å². The Morgan fingerprint density at radius 1 is 0.950 bits per heavy atom. The van der Waals surface area contributed by atoms with Crippen LogP contribution in [0.1, 0.15) is 6.92 Å². The van der Waals surface area contributed by atoms with Crippen LogP contribution >= 0.6 is 0 Å². The molecule has 0 aliphatic rings. The molecule has 0 heterocycles. The minimum absolute atomic E-state index is 1.03. The summed E-state index contributed by atoms with van der Waals surface area (Å²) in [6.07, 6.45) is 0. The summed E-state index contributed by atoms with van der Waals surface area (Å²) in [6, 6.07) is -2.88. The number of aliphatic carboxylic acids is 1. The summed E-state index contributed by atoms with van der Waals surface area (Å²) < 4.78 is 64.7. The number of urea groups is 1. The van der Waals surface area contributed by atoms with E-state index in [1.165, 1.54) is 5.32 Å². The molecule has 2 amide bonds. The zero-order valence-electron chi connectivity index (χ0n) is 9.73. The van der Waals surface area contributed by atoms with Gasteiger partial charge in [0.2, 0.25) is 5.82 Å². The smallest absolute Gasteiger partial charge is 0.325 e. The zero-order valence-corrected chi connectivity index (χ0v) is 9.73. The Morgan fingerprint density at radius 2 is 1.35 bits per heavy atom. The Hall–Kier alpha value is -2.39. The summed E-state index contributed by atoms with van der Waals surface area (Å²) in [6.45, 7) is 1.03. The highest BCUT2D eigenvalue weighted by Gasteiger charge is 2.27. The molecule has 0 fully saturated rings. The maximum absolute atomic E-state index is 13.2. The largest absolute Gasteiger partial charge is 0.480 e. The minimum atomic E-state index is -2.37. The van der Waals surface area contributed by atoms with Gasteiger partial charge in [0.25, 0.3) is 0 Å². The molecule has 0 saturated heterocycles. The third-order valence-corrected chi connectivity index (χ3v) is 2.17. The van der Waals surface area contributed by atoms with Crippen LogP contribution in [0.3, 0.4) is 0 Å². The molecule has 1 aromatic rings. The van der Waals surface area contributed by atoms with Crippen LogP contribution in [0, 0.1) is 29.1 Å². The quantitative estimate of drug-likeness (QED) is 0.453. The molecule has 0 aliphatic heterocycles. The van der Waals surface area contributed by atoms with Gasteiger partial charge in [-0.25, -0.2) is 26.7 Å². The first-order valence-electron chi connectivity index (χ1n) is 4.98. The zero-order chi connectivity index (χ0) is 15.6. The summed E-state index contributed by atoms with van der Waals surface area (Å²) in [4.78, 5) is 21.6. The molecular weight excluding hydrogens is 291 g/mol. The van der Waals surface area contributed by atoms with Gasteiger partial charge in [-0.2, -0.15) is 0 Å². The minimum Gasteiger partial charge on any atom is -0.480 e. The lowest BCUT2D eigenvalue weighted by Crippen LogP contribution is -2.41. The van der Waals surface area contributed by atoms with E-state index in [4.69, 9.17) is 5.11 Å². The second kappa shape index (κ2) is 5.72. The Morgan fingerprint density at radius 3 is 1.75 bits per heavy atom. The van der Waals surface area contributed by atoms with Gasteiger partial charge < -0.3 is 15.7 Å². The fourth-order valence-electron chi connectivity index (χ4n) is 1.12. The van der Waals surface area contributed by atoms with Crippen molar-refractivity contribution >= 4 is 17.7 Å². The summed E-state index contributed by atoms with van der Waals surface area (Å²) in [5.41, 5.74) is -1.57. The first kappa shape index (κ1) is 15.7. The number of carbonyl (C=O) groups is 2. The molecule has 1 aromatic carbocycles. The van der Waals surface area contributed by atoms with Gasteiger partial charge in [-0.1, -0.05) is 0 Å². The molecule has 20 heavy (non-hydrogen) atoms. The van der Waals surface area contributed by atoms with Crippen LogP contribution in [-0.4, -0.2) is 23.1 Å². The van der Waals surface area contributed by atoms with Gasteiger partial charge in [0.1, 0.15) is 11.7 Å². The molecule has 1 atom stereocenters. The first-order valence-corrected chi connectivity index (χ1v) is 4.98. The number of amides is 2. The second-order valence-electron chi connectivity index (χ2n) is 3.60. The molecule has 3 N–H and O–H groups in total. The number of carboxylic acid groups (broad SMARTS) is 1. The lowest BCUT2D eigenvalue weighted by atomic mass is 10.2. The summed E-state index contributed by atoms with van der Waals surface area (Å²) in [7, 11) is 0. The Balaban J connectivity index is 3.05. The van der Waals surface area contributed by atoms with E-state index in [2.05, 4.69) is 0 Å². The maximum atomic E-state index is 13.2. The normalized spacial score (nSPS) is 11.9. The molecule has 0 bridgehead atoms. The molecule has 0 unspecified atom stereocenters. The Bertz CT molecular complexity index is 549. The van der Waals surface area contributed by atoms with Gasteiger partial charge in [0.05, 0.1) is 0 Å². The van der Waals surface area contributed by atoms with E-state index in [-0.39, 0.29) is 0 Å². The van der Waals surface area contributed by atoms with Crippen molar-refractivity contribution in [3.05, 3.63) is 29.1 Å². The molecule has 0 aromatic heterocycles. The second-order valence-corrected chi connectivity index (χ2v) is 3.60. The van der Waals surface area contributed by atoms with Crippen molar-refractivity contribution in [2.75, 3.05) is 5.32 Å². The third kappa shape index (κ3) is 2.95. The average molecular weight is 298 g/mol. The topological polar surface area (TPSA) is 78.4 Å². The van der Waals surface area contributed by atoms with Gasteiger partial charge in [-0.15, -0.1) is 0 Å². The number of carboxylic acids is 1. The van der Waals surface area contributed by atoms with Crippen LogP contribution < -0.4 is 10.6 Å². The summed E-state index contributed by atoms with van der Waals surface area (Å²) >= 11 is 0. The molecule has 0 saturated carbocycles. The van der Waals surface area contributed by atoms with Crippen molar-refractivity contribution in [1.82, 2.24) is 5.32 Å². The highest BCUT2D eigenvalue weighted by atomic mass is 19.2. The summed E-state index contributed by atoms with van der Waals surface area (Å²) in [5.74, 6) is -12.8. The van der Waals surface area contributed by atoms with E-state index >= 15 is 0 Å². The van der Waals surface area contributed by atoms with Crippen molar-refractivity contribution in [3.8, 4) is 0 Å². The number of hydrogen-bond donors (Lipinski definition) is 3. The van der Waals surface area contributed by atoms with Crippen molar-refractivity contribution in [2.45, 2.75) is 13.0 Å². The number of anilines is 1. The number of hydrogen-bond acceptors (Lipinski definition) is 2. The molecule has 10 heteroatoms. The third-order valence-electron chi connectivity index (χ3n) is 2.17. The SMILES string of the molecule is C[C@H](NC(=O)Nc1c(F)c(F)c(F)c(F)c1F)C(=O)O. The van der Waals surface area contributed by atoms with Gasteiger partial charge in [-0.3, -0.25) is 4.79 Å². The van der Waals surface area contributed by atoms with Crippen LogP contribution in [0.2, 0.25) is 0 Å². The van der Waals surface area contributed by atoms with E-state index in [9.17, 15) is 31.5 Å². The highest BCUT2D eigenvalue weighted by Crippen LogP contribution is 2.26. The standard InChI is InChI=1S/C10H7F5N2O3/c1-2(9(18)19)16-10(20)17-8-6(14)4(12)3(11)5(13)7(8)15/h2H,1H3,(H,18,19)(H2,16,17,20)/t2-/m0/s1. The van der Waals surface area contributed by atoms with Gasteiger partial charge in [0, 0.05) is 0 Å². The van der Waals surface area contributed by atoms with Crippen molar-refractivity contribution < 1.29 is 36.6 Å². The average Bonchev–Trinajstić information content (AvgIpc) is 2.39. The van der Waals surface area contributed by atoms with E-state index in [0.29, 0.717) is 0 Å². The highest BCUT2D eigenvalue weighted by molar-refractivity contribution is 5.92. The van der Waals surface area contributed by atoms with Crippen LogP contribution in [0.4, 0.5) is 32.4 Å². The van der Waals surface area contributed by atoms with Gasteiger partial charge >= 0.3 is 12.0 Å². The number of halogens is 5. The fraction of sp³-hybridized carbons (Fsp3) is 0.200. The van der Waals surface area contributed by atoms with Gasteiger partial charge in [-0.05, 0) is 6.92 Å². The number of nitrogens with one attached hydrogen (secondary N) is 2. The molecule has 0 aliphatic carbocycles. The lowest BCUT2D eigenvalue weighted by Gasteiger charge is -2.12. The number of benzene rings is 1. The molecule has 0 radical (unpaired) electrons. The van der Waals surface area contributed by atoms with Crippen LogP contribution in [0.5, 0.6) is 0 Å². The fourth-order valence-corrected chi connectivity index (χ4v) is 1.12. The van der Waals surface area contributed by atoms with E-state index in [1.807, 2.05) is 0 Å². The van der Waals surface area contributed by atoms with E-state index in [1.54, 1.807) is 5.32 Å². The Labute approximate surface area is 108 Å². The maximum Gasteiger partial charge on any atom is 0.325 e. The molecule has 5 nitrogen and oxygen atoms in total. The molecule has 110 valence electrons. The molecule has 1 rings (SSSR count). The first-order chi connectivity index (χ1) is 9.16. The van der Waals surface area contributed by atoms with Crippen LogP contribution in [0.25, 0.3) is 0 Å². The van der Waals surface area contributed by atoms with E-state index < -0.39 is 52.8 Å².